The number of alkyl halides is 2. The number of hydrogen-bond donors (Lipinski definition) is 2. The summed E-state index contributed by atoms with van der Waals surface area (Å²) in [5.41, 5.74) is 1.64. The fraction of sp³-hybridized carbons (Fsp3) is 0.364. The zero-order chi connectivity index (χ0) is 22.6. The first-order valence-corrected chi connectivity index (χ1v) is 10.6. The third-order valence-corrected chi connectivity index (χ3v) is 5.06. The lowest BCUT2D eigenvalue weighted by molar-refractivity contribution is -0.125. The Balaban J connectivity index is 0.000000245. The fourth-order valence-corrected chi connectivity index (χ4v) is 3.80. The van der Waals surface area contributed by atoms with Crippen LogP contribution in [0.15, 0.2) is 42.5 Å². The van der Waals surface area contributed by atoms with Crippen molar-refractivity contribution in [1.82, 2.24) is 10.6 Å². The van der Waals surface area contributed by atoms with Gasteiger partial charge in [-0.25, -0.2) is 0 Å². The normalized spacial score (nSPS) is 13.3. The highest BCUT2D eigenvalue weighted by Gasteiger charge is 2.22. The van der Waals surface area contributed by atoms with Crippen LogP contribution in [0.25, 0.3) is 0 Å². The maximum Gasteiger partial charge on any atom is 0.387 e. The molecule has 0 aliphatic heterocycles. The van der Waals surface area contributed by atoms with Crippen LogP contribution >= 0.6 is 23.2 Å². The first-order valence-electron chi connectivity index (χ1n) is 9.81. The molecule has 1 fully saturated rings. The van der Waals surface area contributed by atoms with E-state index in [1.54, 1.807) is 30.3 Å². The smallest absolute Gasteiger partial charge is 0.387 e. The molecule has 9 heteroatoms. The molecule has 2 amide bonds. The van der Waals surface area contributed by atoms with Gasteiger partial charge in [0, 0.05) is 29.1 Å². The molecule has 31 heavy (non-hydrogen) atoms. The Morgan fingerprint density at radius 1 is 1.06 bits per heavy atom. The van der Waals surface area contributed by atoms with Gasteiger partial charge in [0.25, 0.3) is 0 Å². The van der Waals surface area contributed by atoms with Crippen LogP contribution in [0.2, 0.25) is 10.0 Å². The average molecular weight is 473 g/mol. The van der Waals surface area contributed by atoms with E-state index in [0.717, 1.165) is 36.8 Å². The van der Waals surface area contributed by atoms with E-state index in [0.29, 0.717) is 29.5 Å². The highest BCUT2D eigenvalue weighted by atomic mass is 35.5. The van der Waals surface area contributed by atoms with Crippen molar-refractivity contribution in [2.45, 2.75) is 45.4 Å². The minimum atomic E-state index is -2.83. The van der Waals surface area contributed by atoms with E-state index >= 15 is 0 Å². The zero-order valence-corrected chi connectivity index (χ0v) is 18.3. The summed E-state index contributed by atoms with van der Waals surface area (Å²) in [5, 5.41) is 6.51. The van der Waals surface area contributed by atoms with Crippen LogP contribution in [0.1, 0.15) is 36.8 Å². The van der Waals surface area contributed by atoms with E-state index in [2.05, 4.69) is 15.4 Å². The number of nitrogens with one attached hydrogen (secondary N) is 2. The molecule has 1 aliphatic rings. The molecular formula is C22H24Cl2F2N2O3. The number of halogens is 4. The minimum absolute atomic E-state index is 0.0534. The molecule has 0 bridgehead atoms. The first kappa shape index (κ1) is 24.9. The van der Waals surface area contributed by atoms with Crippen molar-refractivity contribution < 1.29 is 23.1 Å². The second kappa shape index (κ2) is 13.1. The topological polar surface area (TPSA) is 67.4 Å². The van der Waals surface area contributed by atoms with Crippen molar-refractivity contribution in [3.63, 3.8) is 0 Å². The Morgan fingerprint density at radius 3 is 2.35 bits per heavy atom. The summed E-state index contributed by atoms with van der Waals surface area (Å²) in [6.45, 7) is -2.04. The Bertz CT molecular complexity index is 842. The maximum atomic E-state index is 12.1. The third kappa shape index (κ3) is 9.53. The van der Waals surface area contributed by atoms with Crippen molar-refractivity contribution in [2.75, 3.05) is 0 Å². The van der Waals surface area contributed by atoms with Crippen LogP contribution in [0.3, 0.4) is 0 Å². The lowest BCUT2D eigenvalue weighted by Crippen LogP contribution is -2.28. The number of carbonyl (C=O) groups is 2. The molecule has 5 nitrogen and oxygen atoms in total. The lowest BCUT2D eigenvalue weighted by Gasteiger charge is -2.11. The number of amides is 2. The molecule has 0 atom stereocenters. The van der Waals surface area contributed by atoms with Crippen LogP contribution in [-0.2, 0) is 22.7 Å². The largest absolute Gasteiger partial charge is 0.435 e. The summed E-state index contributed by atoms with van der Waals surface area (Å²) in [5.74, 6) is 0.279. The molecule has 168 valence electrons. The summed E-state index contributed by atoms with van der Waals surface area (Å²) in [6, 6.07) is 11.5. The molecular weight excluding hydrogens is 449 g/mol. The molecule has 3 rings (SSSR count). The first-order chi connectivity index (χ1) is 14.9. The van der Waals surface area contributed by atoms with Crippen molar-refractivity contribution in [2.24, 2.45) is 5.92 Å². The van der Waals surface area contributed by atoms with Crippen molar-refractivity contribution in [1.29, 1.82) is 0 Å². The van der Waals surface area contributed by atoms with Crippen molar-refractivity contribution >= 4 is 35.5 Å². The van der Waals surface area contributed by atoms with E-state index < -0.39 is 6.61 Å². The summed E-state index contributed by atoms with van der Waals surface area (Å²) in [4.78, 5) is 21.8. The molecule has 2 aromatic carbocycles. The Morgan fingerprint density at radius 2 is 1.74 bits per heavy atom. The monoisotopic (exact) mass is 472 g/mol. The molecule has 0 saturated heterocycles. The van der Waals surface area contributed by atoms with Gasteiger partial charge in [-0.3, -0.25) is 9.59 Å². The van der Waals surface area contributed by atoms with E-state index in [-0.39, 0.29) is 17.6 Å². The number of rotatable bonds is 8. The van der Waals surface area contributed by atoms with E-state index in [4.69, 9.17) is 23.2 Å². The fourth-order valence-electron chi connectivity index (χ4n) is 3.23. The zero-order valence-electron chi connectivity index (χ0n) is 16.8. The van der Waals surface area contributed by atoms with Gasteiger partial charge >= 0.3 is 6.61 Å². The van der Waals surface area contributed by atoms with Crippen LogP contribution in [0, 0.1) is 5.92 Å². The molecule has 1 aliphatic carbocycles. The summed E-state index contributed by atoms with van der Waals surface area (Å²) >= 11 is 11.5. The van der Waals surface area contributed by atoms with Gasteiger partial charge in [-0.2, -0.15) is 8.78 Å². The third-order valence-electron chi connectivity index (χ3n) is 4.63. The quantitative estimate of drug-likeness (QED) is 0.509. The van der Waals surface area contributed by atoms with Gasteiger partial charge in [0.1, 0.15) is 5.75 Å². The average Bonchev–Trinajstić information content (AvgIpc) is 3.25. The SMILES string of the molecule is O=C(NCc1cccc(OC(F)F)c1)C1CCCC1.O=CNCc1cc(Cl)cc(Cl)c1. The van der Waals surface area contributed by atoms with Gasteiger partial charge in [-0.05, 0) is 54.3 Å². The van der Waals surface area contributed by atoms with E-state index in [9.17, 15) is 18.4 Å². The minimum Gasteiger partial charge on any atom is -0.435 e. The van der Waals surface area contributed by atoms with E-state index in [1.807, 2.05) is 0 Å². The molecule has 0 unspecified atom stereocenters. The number of carbonyl (C=O) groups excluding carboxylic acids is 2. The Kier molecular flexibility index (Phi) is 10.5. The van der Waals surface area contributed by atoms with Crippen molar-refractivity contribution in [3.05, 3.63) is 63.6 Å². The van der Waals surface area contributed by atoms with Gasteiger partial charge < -0.3 is 15.4 Å². The molecule has 0 radical (unpaired) electrons. The van der Waals surface area contributed by atoms with Gasteiger partial charge in [-0.15, -0.1) is 0 Å². The molecule has 0 heterocycles. The number of hydrogen-bond acceptors (Lipinski definition) is 3. The highest BCUT2D eigenvalue weighted by molar-refractivity contribution is 6.34. The molecule has 2 aromatic rings. The molecule has 1 saturated carbocycles. The standard InChI is InChI=1S/C14H17F2NO2.C8H7Cl2NO/c15-14(16)19-12-7-3-4-10(8-12)9-17-13(18)11-5-1-2-6-11;9-7-1-6(4-11-5-12)2-8(10)3-7/h3-4,7-8,11,14H,1-2,5-6,9H2,(H,17,18);1-3,5H,4H2,(H,11,12). The molecule has 2 N–H and O–H groups in total. The van der Waals surface area contributed by atoms with Crippen LogP contribution in [-0.4, -0.2) is 18.9 Å². The summed E-state index contributed by atoms with van der Waals surface area (Å²) in [7, 11) is 0. The van der Waals surface area contributed by atoms with Gasteiger partial charge in [-0.1, -0.05) is 48.2 Å². The summed E-state index contributed by atoms with van der Waals surface area (Å²) < 4.78 is 28.5. The van der Waals surface area contributed by atoms with Crippen LogP contribution in [0.4, 0.5) is 8.78 Å². The van der Waals surface area contributed by atoms with Crippen LogP contribution < -0.4 is 15.4 Å². The summed E-state index contributed by atoms with van der Waals surface area (Å²) in [6.07, 6.45) is 4.74. The van der Waals surface area contributed by atoms with Gasteiger partial charge in [0.15, 0.2) is 0 Å². The second-order valence-electron chi connectivity index (χ2n) is 7.00. The van der Waals surface area contributed by atoms with Crippen LogP contribution in [0.5, 0.6) is 5.75 Å². The second-order valence-corrected chi connectivity index (χ2v) is 7.87. The van der Waals surface area contributed by atoms with Crippen molar-refractivity contribution in [3.8, 4) is 5.75 Å². The van der Waals surface area contributed by atoms with Gasteiger partial charge in [0.2, 0.25) is 12.3 Å². The van der Waals surface area contributed by atoms with E-state index in [1.165, 1.54) is 12.1 Å². The molecule has 0 spiro atoms. The van der Waals surface area contributed by atoms with Gasteiger partial charge in [0.05, 0.1) is 0 Å². The predicted octanol–water partition coefficient (Wildman–Crippen LogP) is 5.33. The molecule has 0 aromatic heterocycles. The predicted molar refractivity (Wildman–Crippen MR) is 116 cm³/mol. The number of ether oxygens (including phenoxy) is 1. The Labute approximate surface area is 190 Å². The Hall–Kier alpha value is -2.38. The maximum absolute atomic E-state index is 12.1. The lowest BCUT2D eigenvalue weighted by atomic mass is 10.1. The highest BCUT2D eigenvalue weighted by Crippen LogP contribution is 2.25. The number of benzene rings is 2.